The van der Waals surface area contributed by atoms with E-state index in [2.05, 4.69) is 10.6 Å². The highest BCUT2D eigenvalue weighted by Gasteiger charge is 2.25. The van der Waals surface area contributed by atoms with Gasteiger partial charge in [0.25, 0.3) is 0 Å². The Kier molecular flexibility index (Phi) is 7.89. The van der Waals surface area contributed by atoms with E-state index in [0.717, 1.165) is 54.0 Å². The van der Waals surface area contributed by atoms with Crippen LogP contribution in [0.1, 0.15) is 52.0 Å². The summed E-state index contributed by atoms with van der Waals surface area (Å²) in [6, 6.07) is 7.96. The van der Waals surface area contributed by atoms with E-state index in [1.807, 2.05) is 24.3 Å². The van der Waals surface area contributed by atoms with E-state index in [1.54, 1.807) is 18.4 Å². The zero-order valence-electron chi connectivity index (χ0n) is 17.0. The number of nitrogens with one attached hydrogen (secondary N) is 2. The summed E-state index contributed by atoms with van der Waals surface area (Å²) >= 11 is 7.12. The van der Waals surface area contributed by atoms with Crippen LogP contribution in [0, 0.1) is 0 Å². The number of carbonyl (C=O) groups is 1. The number of carbonyl (C=O) groups excluding carboxylic acids is 1. The minimum absolute atomic E-state index is 0.289. The maximum Gasteiger partial charge on any atom is 0.341 e. The number of fused-ring (bicyclic) bond motifs is 1. The number of benzene rings is 1. The van der Waals surface area contributed by atoms with Crippen molar-refractivity contribution in [3.63, 3.8) is 0 Å². The molecular formula is C22H28N2O3S2. The van der Waals surface area contributed by atoms with Gasteiger partial charge in [0.1, 0.15) is 10.8 Å². The average molecular weight is 433 g/mol. The molecule has 3 rings (SSSR count). The Morgan fingerprint density at radius 2 is 1.90 bits per heavy atom. The summed E-state index contributed by atoms with van der Waals surface area (Å²) < 4.78 is 10.5. The van der Waals surface area contributed by atoms with Gasteiger partial charge in [-0.25, -0.2) is 4.79 Å². The van der Waals surface area contributed by atoms with Gasteiger partial charge < -0.3 is 20.1 Å². The molecule has 1 aliphatic rings. The lowest BCUT2D eigenvalue weighted by Crippen LogP contribution is -2.30. The molecular weight excluding hydrogens is 404 g/mol. The van der Waals surface area contributed by atoms with Crippen LogP contribution in [0.15, 0.2) is 24.3 Å². The Balaban J connectivity index is 1.67. The Morgan fingerprint density at radius 3 is 2.66 bits per heavy atom. The molecule has 0 atom stereocenters. The molecule has 29 heavy (non-hydrogen) atoms. The number of methoxy groups -OCH3 is 2. The topological polar surface area (TPSA) is 59.6 Å². The van der Waals surface area contributed by atoms with Crippen molar-refractivity contribution in [2.75, 3.05) is 26.1 Å². The first-order valence-electron chi connectivity index (χ1n) is 10.0. The first-order valence-corrected chi connectivity index (χ1v) is 11.3. The molecule has 1 aromatic carbocycles. The largest absolute Gasteiger partial charge is 0.496 e. The molecule has 1 aromatic heterocycles. The maximum absolute atomic E-state index is 12.5. The van der Waals surface area contributed by atoms with Crippen molar-refractivity contribution in [1.82, 2.24) is 5.32 Å². The number of rotatable bonds is 6. The highest BCUT2D eigenvalue weighted by Crippen LogP contribution is 2.37. The van der Waals surface area contributed by atoms with Crippen LogP contribution in [0.2, 0.25) is 0 Å². The normalized spacial score (nSPS) is 13.6. The molecule has 2 aromatic rings. The Hall–Kier alpha value is -2.12. The van der Waals surface area contributed by atoms with E-state index >= 15 is 0 Å². The number of hydrogen-bond acceptors (Lipinski definition) is 5. The Bertz CT molecular complexity index is 864. The number of thiophene rings is 1. The highest BCUT2D eigenvalue weighted by atomic mass is 32.1. The van der Waals surface area contributed by atoms with Gasteiger partial charge in [-0.3, -0.25) is 0 Å². The van der Waals surface area contributed by atoms with Crippen molar-refractivity contribution < 1.29 is 14.3 Å². The van der Waals surface area contributed by atoms with Crippen LogP contribution in [-0.4, -0.2) is 31.8 Å². The summed E-state index contributed by atoms with van der Waals surface area (Å²) in [5, 5.41) is 7.79. The Labute approximate surface area is 181 Å². The zero-order chi connectivity index (χ0) is 20.6. The number of ether oxygens (including phenoxy) is 2. The van der Waals surface area contributed by atoms with E-state index in [0.29, 0.717) is 17.2 Å². The van der Waals surface area contributed by atoms with Crippen LogP contribution >= 0.6 is 23.6 Å². The molecule has 1 aliphatic carbocycles. The number of anilines is 1. The lowest BCUT2D eigenvalue weighted by Gasteiger charge is -2.13. The molecule has 0 saturated heterocycles. The van der Waals surface area contributed by atoms with Gasteiger partial charge in [-0.1, -0.05) is 31.0 Å². The fraction of sp³-hybridized carbons (Fsp3) is 0.455. The minimum atomic E-state index is -0.289. The number of para-hydroxylation sites is 1. The van der Waals surface area contributed by atoms with Gasteiger partial charge in [0, 0.05) is 11.4 Å². The SMILES string of the molecule is COC(=O)c1c(NC(=S)NCCc2ccccc2OC)sc2c1CCCCCC2. The van der Waals surface area contributed by atoms with E-state index in [4.69, 9.17) is 21.7 Å². The van der Waals surface area contributed by atoms with Gasteiger partial charge in [0.2, 0.25) is 0 Å². The van der Waals surface area contributed by atoms with Gasteiger partial charge >= 0.3 is 5.97 Å². The molecule has 0 aliphatic heterocycles. The van der Waals surface area contributed by atoms with Crippen molar-refractivity contribution >= 4 is 39.6 Å². The third-order valence-electron chi connectivity index (χ3n) is 5.16. The molecule has 0 amide bonds. The highest BCUT2D eigenvalue weighted by molar-refractivity contribution is 7.80. The predicted molar refractivity (Wildman–Crippen MR) is 122 cm³/mol. The second kappa shape index (κ2) is 10.6. The zero-order valence-corrected chi connectivity index (χ0v) is 18.6. The van der Waals surface area contributed by atoms with E-state index in [9.17, 15) is 4.79 Å². The third-order valence-corrected chi connectivity index (χ3v) is 6.61. The molecule has 2 N–H and O–H groups in total. The molecule has 1 heterocycles. The summed E-state index contributed by atoms with van der Waals surface area (Å²) in [5.74, 6) is 0.585. The van der Waals surface area contributed by atoms with Crippen LogP contribution in [0.4, 0.5) is 5.00 Å². The van der Waals surface area contributed by atoms with Crippen molar-refractivity contribution in [2.24, 2.45) is 0 Å². The number of aryl methyl sites for hydroxylation is 1. The summed E-state index contributed by atoms with van der Waals surface area (Å²) in [7, 11) is 3.11. The van der Waals surface area contributed by atoms with Crippen LogP contribution in [-0.2, 0) is 24.0 Å². The van der Waals surface area contributed by atoms with Gasteiger partial charge in [-0.05, 0) is 61.5 Å². The second-order valence-corrected chi connectivity index (χ2v) is 8.57. The van der Waals surface area contributed by atoms with Crippen molar-refractivity contribution in [2.45, 2.75) is 44.9 Å². The molecule has 0 fully saturated rings. The predicted octanol–water partition coefficient (Wildman–Crippen LogP) is 4.73. The number of esters is 1. The average Bonchev–Trinajstić information content (AvgIpc) is 3.03. The van der Waals surface area contributed by atoms with Gasteiger partial charge in [-0.2, -0.15) is 0 Å². The number of hydrogen-bond donors (Lipinski definition) is 2. The fourth-order valence-electron chi connectivity index (χ4n) is 3.69. The molecule has 0 unspecified atom stereocenters. The molecule has 0 radical (unpaired) electrons. The summed E-state index contributed by atoms with van der Waals surface area (Å²) in [5.41, 5.74) is 2.92. The molecule has 156 valence electrons. The summed E-state index contributed by atoms with van der Waals surface area (Å²) in [6.45, 7) is 0.671. The molecule has 0 bridgehead atoms. The standard InChI is InChI=1S/C22H28N2O3S2/c1-26-17-11-8-7-9-15(17)13-14-23-22(28)24-20-19(21(25)27-2)16-10-5-3-4-6-12-18(16)29-20/h7-9,11H,3-6,10,12-14H2,1-2H3,(H2,23,24,28). The van der Waals surface area contributed by atoms with Crippen LogP contribution in [0.5, 0.6) is 5.75 Å². The van der Waals surface area contributed by atoms with Crippen LogP contribution < -0.4 is 15.4 Å². The fourth-order valence-corrected chi connectivity index (χ4v) is 5.24. The van der Waals surface area contributed by atoms with E-state index < -0.39 is 0 Å². The maximum atomic E-state index is 12.5. The van der Waals surface area contributed by atoms with Gasteiger partial charge in [-0.15, -0.1) is 11.3 Å². The van der Waals surface area contributed by atoms with E-state index in [-0.39, 0.29) is 5.97 Å². The van der Waals surface area contributed by atoms with E-state index in [1.165, 1.54) is 24.8 Å². The lowest BCUT2D eigenvalue weighted by molar-refractivity contribution is 0.0601. The third kappa shape index (κ3) is 5.48. The molecule has 5 nitrogen and oxygen atoms in total. The van der Waals surface area contributed by atoms with Crippen molar-refractivity contribution in [1.29, 1.82) is 0 Å². The first-order chi connectivity index (χ1) is 14.1. The lowest BCUT2D eigenvalue weighted by atomic mass is 9.96. The van der Waals surface area contributed by atoms with Crippen LogP contribution in [0.25, 0.3) is 0 Å². The Morgan fingerprint density at radius 1 is 1.14 bits per heavy atom. The smallest absolute Gasteiger partial charge is 0.341 e. The number of thiocarbonyl (C=S) groups is 1. The summed E-state index contributed by atoms with van der Waals surface area (Å²) in [4.78, 5) is 13.8. The second-order valence-electron chi connectivity index (χ2n) is 7.06. The van der Waals surface area contributed by atoms with Crippen molar-refractivity contribution in [3.8, 4) is 5.75 Å². The summed E-state index contributed by atoms with van der Waals surface area (Å²) in [6.07, 6.45) is 7.45. The van der Waals surface area contributed by atoms with Crippen LogP contribution in [0.3, 0.4) is 0 Å². The van der Waals surface area contributed by atoms with Gasteiger partial charge in [0.15, 0.2) is 5.11 Å². The van der Waals surface area contributed by atoms with Gasteiger partial charge in [0.05, 0.1) is 19.8 Å². The monoisotopic (exact) mass is 432 g/mol. The molecule has 0 saturated carbocycles. The quantitative estimate of drug-likeness (QED) is 0.508. The molecule has 0 spiro atoms. The minimum Gasteiger partial charge on any atom is -0.496 e. The van der Waals surface area contributed by atoms with Crippen molar-refractivity contribution in [3.05, 3.63) is 45.8 Å². The first kappa shape index (κ1) is 21.6. The molecule has 7 heteroatoms.